The van der Waals surface area contributed by atoms with Crippen molar-refractivity contribution in [1.29, 1.82) is 5.26 Å². The van der Waals surface area contributed by atoms with Crippen molar-refractivity contribution in [3.05, 3.63) is 23.8 Å². The first kappa shape index (κ1) is 19.0. The van der Waals surface area contributed by atoms with Crippen LogP contribution in [0.5, 0.6) is 11.5 Å². The van der Waals surface area contributed by atoms with Gasteiger partial charge in [0.1, 0.15) is 13.2 Å². The zero-order valence-corrected chi connectivity index (χ0v) is 15.5. The topological polar surface area (TPSA) is 88.9 Å². The molecule has 1 heterocycles. The first-order valence-corrected chi connectivity index (χ1v) is 9.25. The van der Waals surface area contributed by atoms with Crippen LogP contribution in [0, 0.1) is 11.3 Å². The molecule has 1 aromatic rings. The van der Waals surface area contributed by atoms with Crippen LogP contribution in [0.15, 0.2) is 18.2 Å². The smallest absolute Gasteiger partial charge is 0.317 e. The molecule has 0 atom stereocenters. The highest BCUT2D eigenvalue weighted by atomic mass is 16.6. The summed E-state index contributed by atoms with van der Waals surface area (Å²) in [5.41, 5.74) is 0.0981. The summed E-state index contributed by atoms with van der Waals surface area (Å²) in [5.74, 6) is 0.638. The maximum atomic E-state index is 13.0. The van der Waals surface area contributed by atoms with Crippen LogP contribution in [0.1, 0.15) is 37.7 Å². The number of amides is 1. The van der Waals surface area contributed by atoms with Crippen molar-refractivity contribution in [2.45, 2.75) is 37.5 Å². The average Bonchev–Trinajstić information content (AvgIpc) is 3.20. The zero-order chi connectivity index (χ0) is 19.3. The fourth-order valence-electron chi connectivity index (χ4n) is 3.65. The molecule has 7 heteroatoms. The molecule has 0 aromatic heterocycles. The number of hydrogen-bond donors (Lipinski definition) is 0. The molecule has 3 rings (SSSR count). The molecule has 0 saturated heterocycles. The van der Waals surface area contributed by atoms with Crippen molar-refractivity contribution < 1.29 is 23.8 Å². The largest absolute Gasteiger partial charge is 0.486 e. The number of nitriles is 1. The molecule has 1 fully saturated rings. The van der Waals surface area contributed by atoms with Gasteiger partial charge in [0.15, 0.2) is 18.1 Å². The highest BCUT2D eigenvalue weighted by Crippen LogP contribution is 2.45. The molecule has 0 spiro atoms. The second kappa shape index (κ2) is 8.30. The van der Waals surface area contributed by atoms with Gasteiger partial charge in [-0.3, -0.25) is 9.59 Å². The van der Waals surface area contributed by atoms with E-state index in [9.17, 15) is 9.59 Å². The molecule has 1 amide bonds. The van der Waals surface area contributed by atoms with E-state index in [0.717, 1.165) is 18.4 Å². The molecule has 0 bridgehead atoms. The number of ether oxygens (including phenoxy) is 3. The number of carbonyl (C=O) groups is 2. The van der Waals surface area contributed by atoms with E-state index in [1.807, 2.05) is 24.3 Å². The van der Waals surface area contributed by atoms with Gasteiger partial charge in [-0.15, -0.1) is 0 Å². The summed E-state index contributed by atoms with van der Waals surface area (Å²) in [5, 5.41) is 8.61. The van der Waals surface area contributed by atoms with Crippen molar-refractivity contribution >= 4 is 11.9 Å². The summed E-state index contributed by atoms with van der Waals surface area (Å²) >= 11 is 0. The maximum absolute atomic E-state index is 13.0. The fraction of sp³-hybridized carbons (Fsp3) is 0.550. The number of fused-ring (bicyclic) bond motifs is 1. The van der Waals surface area contributed by atoms with Crippen molar-refractivity contribution in [3.63, 3.8) is 0 Å². The third kappa shape index (κ3) is 4.00. The van der Waals surface area contributed by atoms with Gasteiger partial charge in [0.2, 0.25) is 0 Å². The van der Waals surface area contributed by atoms with Crippen LogP contribution < -0.4 is 9.47 Å². The second-order valence-corrected chi connectivity index (χ2v) is 6.95. The summed E-state index contributed by atoms with van der Waals surface area (Å²) in [4.78, 5) is 26.5. The Balaban J connectivity index is 1.72. The van der Waals surface area contributed by atoms with Gasteiger partial charge < -0.3 is 19.1 Å². The fourth-order valence-corrected chi connectivity index (χ4v) is 3.65. The van der Waals surface area contributed by atoms with Crippen LogP contribution >= 0.6 is 0 Å². The van der Waals surface area contributed by atoms with E-state index in [-0.39, 0.29) is 24.9 Å². The molecule has 0 N–H and O–H groups in total. The van der Waals surface area contributed by atoms with Gasteiger partial charge in [-0.05, 0) is 30.5 Å². The molecule has 0 radical (unpaired) electrons. The minimum absolute atomic E-state index is 0.247. The van der Waals surface area contributed by atoms with E-state index in [1.54, 1.807) is 7.05 Å². The summed E-state index contributed by atoms with van der Waals surface area (Å²) in [6.07, 6.45) is 3.48. The van der Waals surface area contributed by atoms with Gasteiger partial charge >= 0.3 is 5.97 Å². The Bertz CT molecular complexity index is 749. The Morgan fingerprint density at radius 3 is 2.63 bits per heavy atom. The molecule has 27 heavy (non-hydrogen) atoms. The van der Waals surface area contributed by atoms with E-state index < -0.39 is 5.41 Å². The number of hydrogen-bond acceptors (Lipinski definition) is 6. The van der Waals surface area contributed by atoms with E-state index in [2.05, 4.69) is 0 Å². The zero-order valence-electron chi connectivity index (χ0n) is 15.5. The number of nitrogens with zero attached hydrogens (tertiary/aromatic N) is 2. The lowest BCUT2D eigenvalue weighted by molar-refractivity contribution is -0.156. The van der Waals surface area contributed by atoms with Crippen LogP contribution in [0.4, 0.5) is 0 Å². The quantitative estimate of drug-likeness (QED) is 0.711. The Hall–Kier alpha value is -2.75. The summed E-state index contributed by atoms with van der Waals surface area (Å²) in [7, 11) is 1.60. The van der Waals surface area contributed by atoms with E-state index >= 15 is 0 Å². The number of benzene rings is 1. The Morgan fingerprint density at radius 1 is 1.22 bits per heavy atom. The predicted molar refractivity (Wildman–Crippen MR) is 96.4 cm³/mol. The third-order valence-corrected chi connectivity index (χ3v) is 5.25. The van der Waals surface area contributed by atoms with Crippen LogP contribution in [-0.4, -0.2) is 50.2 Å². The summed E-state index contributed by atoms with van der Waals surface area (Å²) < 4.78 is 16.6. The van der Waals surface area contributed by atoms with Gasteiger partial charge in [0.05, 0.1) is 17.9 Å². The molecule has 1 saturated carbocycles. The Kier molecular flexibility index (Phi) is 5.84. The second-order valence-electron chi connectivity index (χ2n) is 6.95. The molecule has 1 aromatic carbocycles. The van der Waals surface area contributed by atoms with Crippen LogP contribution in [0.25, 0.3) is 0 Å². The molecule has 2 aliphatic rings. The first-order chi connectivity index (χ1) is 13.1. The lowest BCUT2D eigenvalue weighted by atomic mass is 9.78. The lowest BCUT2D eigenvalue weighted by Crippen LogP contribution is -2.38. The highest BCUT2D eigenvalue weighted by Gasteiger charge is 2.45. The molecule has 7 nitrogen and oxygen atoms in total. The number of carbonyl (C=O) groups excluding carboxylic acids is 2. The summed E-state index contributed by atoms with van der Waals surface area (Å²) in [6.45, 7) is 1.01. The third-order valence-electron chi connectivity index (χ3n) is 5.25. The van der Waals surface area contributed by atoms with Crippen molar-refractivity contribution in [3.8, 4) is 17.6 Å². The minimum Gasteiger partial charge on any atom is -0.486 e. The van der Waals surface area contributed by atoms with Crippen LogP contribution in [-0.2, 0) is 19.7 Å². The molecule has 1 aliphatic carbocycles. The van der Waals surface area contributed by atoms with E-state index in [4.69, 9.17) is 19.5 Å². The lowest BCUT2D eigenvalue weighted by Gasteiger charge is -2.29. The summed E-state index contributed by atoms with van der Waals surface area (Å²) in [6, 6.07) is 7.58. The minimum atomic E-state index is -0.749. The van der Waals surface area contributed by atoms with Crippen LogP contribution in [0.2, 0.25) is 0 Å². The maximum Gasteiger partial charge on any atom is 0.317 e. The van der Waals surface area contributed by atoms with Gasteiger partial charge in [0, 0.05) is 13.6 Å². The standard InChI is InChI=1S/C20H24N2O5/c1-22(10-4-9-21)18(23)14-27-19(24)20(7-2-3-8-20)15-5-6-16-17(13-15)26-12-11-25-16/h5-6,13H,2-4,7-8,10-12,14H2,1H3. The molecule has 1 aliphatic heterocycles. The van der Waals surface area contributed by atoms with Crippen molar-refractivity contribution in [1.82, 2.24) is 4.90 Å². The predicted octanol–water partition coefficient (Wildman–Crippen LogP) is 2.18. The Morgan fingerprint density at radius 2 is 1.93 bits per heavy atom. The van der Waals surface area contributed by atoms with Gasteiger partial charge in [-0.25, -0.2) is 0 Å². The van der Waals surface area contributed by atoms with Crippen molar-refractivity contribution in [2.75, 3.05) is 33.4 Å². The van der Waals surface area contributed by atoms with E-state index in [1.165, 1.54) is 4.90 Å². The Labute approximate surface area is 158 Å². The first-order valence-electron chi connectivity index (χ1n) is 9.25. The van der Waals surface area contributed by atoms with Crippen LogP contribution in [0.3, 0.4) is 0 Å². The van der Waals surface area contributed by atoms with Crippen molar-refractivity contribution in [2.24, 2.45) is 0 Å². The van der Waals surface area contributed by atoms with Gasteiger partial charge in [0.25, 0.3) is 5.91 Å². The number of rotatable bonds is 6. The van der Waals surface area contributed by atoms with Gasteiger partial charge in [-0.2, -0.15) is 5.26 Å². The molecular formula is C20H24N2O5. The normalized spacial score (nSPS) is 17.0. The molecule has 144 valence electrons. The molecule has 0 unspecified atom stereocenters. The monoisotopic (exact) mass is 372 g/mol. The average molecular weight is 372 g/mol. The number of likely N-dealkylation sites (N-methyl/N-ethyl adjacent to an activating group) is 1. The van der Waals surface area contributed by atoms with E-state index in [0.29, 0.717) is 44.1 Å². The SMILES string of the molecule is CN(CCC#N)C(=O)COC(=O)C1(c2ccc3c(c2)OCCO3)CCCC1. The van der Waals surface area contributed by atoms with Gasteiger partial charge in [-0.1, -0.05) is 18.9 Å². The number of esters is 1. The highest BCUT2D eigenvalue weighted by molar-refractivity contribution is 5.87. The molecular weight excluding hydrogens is 348 g/mol.